The number of hydrogen-bond acceptors (Lipinski definition) is 5. The second-order valence-corrected chi connectivity index (χ2v) is 11.5. The predicted molar refractivity (Wildman–Crippen MR) is 135 cm³/mol. The molecule has 2 bridgehead atoms. The minimum absolute atomic E-state index is 0.00448. The number of likely N-dealkylation sites (tertiary alicyclic amines) is 1. The van der Waals surface area contributed by atoms with Crippen LogP contribution >= 0.6 is 0 Å². The zero-order valence-corrected chi connectivity index (χ0v) is 21.0. The van der Waals surface area contributed by atoms with E-state index >= 15 is 0 Å². The lowest BCUT2D eigenvalue weighted by Crippen LogP contribution is -2.73. The summed E-state index contributed by atoms with van der Waals surface area (Å²) in [5.74, 6) is 1.23. The van der Waals surface area contributed by atoms with Crippen molar-refractivity contribution in [2.75, 3.05) is 13.1 Å². The van der Waals surface area contributed by atoms with Crippen molar-refractivity contribution >= 4 is 5.91 Å². The van der Waals surface area contributed by atoms with Crippen molar-refractivity contribution in [2.45, 2.75) is 70.3 Å². The highest BCUT2D eigenvalue weighted by Crippen LogP contribution is 2.63. The first-order valence-corrected chi connectivity index (χ1v) is 12.9. The monoisotopic (exact) mass is 478 g/mol. The SMILES string of the molecule is CC1(C)[C@H]2C[C@@H]1[C@@](C)(O)[C@H](O)[C@@H]2Oc1cccc(C(=O)N2CCC(c3cccc(CN)c3)CC2)c1. The summed E-state index contributed by atoms with van der Waals surface area (Å²) in [7, 11) is 0. The van der Waals surface area contributed by atoms with Gasteiger partial charge < -0.3 is 25.6 Å². The van der Waals surface area contributed by atoms with Gasteiger partial charge in [0, 0.05) is 31.1 Å². The standard InChI is InChI=1S/C29H38N2O4/c1-28(2)23-16-24(28)29(3,34)26(32)25(23)35-22-9-5-8-21(15-22)27(33)31-12-10-19(11-13-31)20-7-4-6-18(14-20)17-30/h4-9,14-15,19,23-26,32,34H,10-13,16-17,30H2,1-3H3/t23-,24-,25+,26+,29+/m0/s1. The highest BCUT2D eigenvalue weighted by molar-refractivity contribution is 5.94. The van der Waals surface area contributed by atoms with E-state index < -0.39 is 17.8 Å². The van der Waals surface area contributed by atoms with Crippen LogP contribution in [0, 0.1) is 17.3 Å². The summed E-state index contributed by atoms with van der Waals surface area (Å²) < 4.78 is 6.27. The number of piperidine rings is 1. The number of rotatable bonds is 5. The highest BCUT2D eigenvalue weighted by Gasteiger charge is 2.68. The third kappa shape index (κ3) is 4.15. The van der Waals surface area contributed by atoms with Gasteiger partial charge in [-0.05, 0) is 72.8 Å². The van der Waals surface area contributed by atoms with Gasteiger partial charge in [0.05, 0.1) is 5.60 Å². The zero-order valence-electron chi connectivity index (χ0n) is 21.0. The van der Waals surface area contributed by atoms with Gasteiger partial charge >= 0.3 is 0 Å². The Hall–Kier alpha value is -2.41. The number of benzene rings is 2. The number of carbonyl (C=O) groups is 1. The summed E-state index contributed by atoms with van der Waals surface area (Å²) in [5.41, 5.74) is 7.55. The van der Waals surface area contributed by atoms with Crippen LogP contribution in [0.25, 0.3) is 0 Å². The van der Waals surface area contributed by atoms with Gasteiger partial charge in [0.25, 0.3) is 5.91 Å². The van der Waals surface area contributed by atoms with Crippen LogP contribution < -0.4 is 10.5 Å². The molecule has 35 heavy (non-hydrogen) atoms. The molecule has 6 nitrogen and oxygen atoms in total. The maximum Gasteiger partial charge on any atom is 0.253 e. The molecular weight excluding hydrogens is 440 g/mol. The van der Waals surface area contributed by atoms with E-state index in [1.807, 2.05) is 23.1 Å². The van der Waals surface area contributed by atoms with Crippen molar-refractivity contribution < 1.29 is 19.7 Å². The second kappa shape index (κ2) is 8.91. The van der Waals surface area contributed by atoms with Crippen molar-refractivity contribution in [3.63, 3.8) is 0 Å². The van der Waals surface area contributed by atoms with E-state index in [1.54, 1.807) is 13.0 Å². The maximum absolute atomic E-state index is 13.3. The van der Waals surface area contributed by atoms with Crippen molar-refractivity contribution in [3.8, 4) is 5.75 Å². The number of aliphatic hydroxyl groups excluding tert-OH is 1. The molecule has 1 amide bonds. The maximum atomic E-state index is 13.3. The molecule has 4 N–H and O–H groups in total. The van der Waals surface area contributed by atoms with E-state index in [0.717, 1.165) is 24.8 Å². The van der Waals surface area contributed by atoms with E-state index in [2.05, 4.69) is 38.1 Å². The molecule has 4 fully saturated rings. The Balaban J connectivity index is 1.25. The van der Waals surface area contributed by atoms with Crippen LogP contribution in [0.4, 0.5) is 0 Å². The molecule has 2 aromatic carbocycles. The Morgan fingerprint density at radius 2 is 1.83 bits per heavy atom. The first-order chi connectivity index (χ1) is 16.6. The summed E-state index contributed by atoms with van der Waals surface area (Å²) in [6.45, 7) is 7.95. The zero-order chi connectivity index (χ0) is 25.0. The van der Waals surface area contributed by atoms with Gasteiger partial charge in [-0.2, -0.15) is 0 Å². The molecule has 0 aromatic heterocycles. The number of nitrogens with zero attached hydrogens (tertiary/aromatic N) is 1. The van der Waals surface area contributed by atoms with Crippen LogP contribution in [0.15, 0.2) is 48.5 Å². The van der Waals surface area contributed by atoms with Crippen molar-refractivity contribution in [3.05, 3.63) is 65.2 Å². The van der Waals surface area contributed by atoms with E-state index in [1.165, 1.54) is 5.56 Å². The van der Waals surface area contributed by atoms with E-state index in [9.17, 15) is 15.0 Å². The number of hydrogen-bond donors (Lipinski definition) is 3. The van der Waals surface area contributed by atoms with E-state index in [4.69, 9.17) is 10.5 Å². The molecule has 6 rings (SSSR count). The van der Waals surface area contributed by atoms with Gasteiger partial charge in [0.1, 0.15) is 18.0 Å². The first kappa shape index (κ1) is 24.3. The smallest absolute Gasteiger partial charge is 0.253 e. The first-order valence-electron chi connectivity index (χ1n) is 12.9. The Kier molecular flexibility index (Phi) is 6.19. The molecule has 4 aliphatic rings. The molecule has 0 unspecified atom stereocenters. The average Bonchev–Trinajstić information content (AvgIpc) is 2.86. The minimum Gasteiger partial charge on any atom is -0.487 e. The Labute approximate surface area is 208 Å². The molecule has 1 aliphatic heterocycles. The Morgan fingerprint density at radius 1 is 1.11 bits per heavy atom. The fraction of sp³-hybridized carbons (Fsp3) is 0.552. The number of nitrogens with two attached hydrogens (primary N) is 1. The molecule has 0 spiro atoms. The van der Waals surface area contributed by atoms with Gasteiger partial charge in [0.2, 0.25) is 0 Å². The van der Waals surface area contributed by atoms with Crippen LogP contribution in [0.1, 0.15) is 67.4 Å². The minimum atomic E-state index is -1.19. The van der Waals surface area contributed by atoms with Crippen molar-refractivity contribution in [2.24, 2.45) is 23.0 Å². The quantitative estimate of drug-likeness (QED) is 0.609. The summed E-state index contributed by atoms with van der Waals surface area (Å²) in [6, 6.07) is 15.7. The molecule has 188 valence electrons. The Morgan fingerprint density at radius 3 is 2.51 bits per heavy atom. The van der Waals surface area contributed by atoms with Crippen LogP contribution in [0.2, 0.25) is 0 Å². The number of fused-ring (bicyclic) bond motifs is 2. The fourth-order valence-corrected chi connectivity index (χ4v) is 6.85. The van der Waals surface area contributed by atoms with Crippen LogP contribution in [-0.2, 0) is 6.54 Å². The third-order valence-corrected chi connectivity index (χ3v) is 9.15. The molecule has 0 radical (unpaired) electrons. The van der Waals surface area contributed by atoms with Gasteiger partial charge in [-0.25, -0.2) is 0 Å². The summed E-state index contributed by atoms with van der Waals surface area (Å²) >= 11 is 0. The van der Waals surface area contributed by atoms with Crippen molar-refractivity contribution in [1.82, 2.24) is 4.90 Å². The lowest BCUT2D eigenvalue weighted by Gasteiger charge is -2.66. The topological polar surface area (TPSA) is 96.0 Å². The van der Waals surface area contributed by atoms with Gasteiger partial charge in [0.15, 0.2) is 0 Å². The number of carbonyl (C=O) groups excluding carboxylic acids is 1. The largest absolute Gasteiger partial charge is 0.487 e. The van der Waals surface area contributed by atoms with Crippen LogP contribution in [0.5, 0.6) is 5.75 Å². The Bertz CT molecular complexity index is 1090. The molecule has 6 heteroatoms. The normalized spacial score (nSPS) is 32.1. The number of amides is 1. The second-order valence-electron chi connectivity index (χ2n) is 11.5. The lowest BCUT2D eigenvalue weighted by molar-refractivity contribution is -0.284. The third-order valence-electron chi connectivity index (χ3n) is 9.15. The fourth-order valence-electron chi connectivity index (χ4n) is 6.85. The van der Waals surface area contributed by atoms with Crippen LogP contribution in [0.3, 0.4) is 0 Å². The molecule has 3 aliphatic carbocycles. The molecule has 3 saturated carbocycles. The number of ether oxygens (including phenoxy) is 1. The highest BCUT2D eigenvalue weighted by atomic mass is 16.5. The molecule has 1 saturated heterocycles. The van der Waals surface area contributed by atoms with Crippen molar-refractivity contribution in [1.29, 1.82) is 0 Å². The summed E-state index contributed by atoms with van der Waals surface area (Å²) in [6.07, 6.45) is 1.23. The number of aliphatic hydroxyl groups is 2. The summed E-state index contributed by atoms with van der Waals surface area (Å²) in [5, 5.41) is 21.9. The predicted octanol–water partition coefficient (Wildman–Crippen LogP) is 3.70. The van der Waals surface area contributed by atoms with Crippen LogP contribution in [-0.4, -0.2) is 51.9 Å². The van der Waals surface area contributed by atoms with Gasteiger partial charge in [-0.1, -0.05) is 44.2 Å². The van der Waals surface area contributed by atoms with E-state index in [0.29, 0.717) is 36.9 Å². The molecule has 2 aromatic rings. The van der Waals surface area contributed by atoms with Gasteiger partial charge in [-0.3, -0.25) is 4.79 Å². The van der Waals surface area contributed by atoms with Gasteiger partial charge in [-0.15, -0.1) is 0 Å². The summed E-state index contributed by atoms with van der Waals surface area (Å²) in [4.78, 5) is 15.2. The molecule has 1 heterocycles. The lowest BCUT2D eigenvalue weighted by atomic mass is 9.42. The average molecular weight is 479 g/mol. The molecular formula is C29H38N2O4. The van der Waals surface area contributed by atoms with E-state index in [-0.39, 0.29) is 23.2 Å². The molecule has 5 atom stereocenters.